The molecular formula is C19H24ClNO4S. The Hall–Kier alpha value is -1.76. The molecule has 7 heteroatoms. The van der Waals surface area contributed by atoms with Crippen molar-refractivity contribution >= 4 is 21.6 Å². The Labute approximate surface area is 160 Å². The van der Waals surface area contributed by atoms with E-state index < -0.39 is 16.1 Å². The fourth-order valence-corrected chi connectivity index (χ4v) is 4.24. The lowest BCUT2D eigenvalue weighted by molar-refractivity contribution is 0.287. The van der Waals surface area contributed by atoms with Gasteiger partial charge in [0.1, 0.15) is 0 Å². The Morgan fingerprint density at radius 1 is 1.04 bits per heavy atom. The van der Waals surface area contributed by atoms with Crippen molar-refractivity contribution < 1.29 is 17.9 Å². The van der Waals surface area contributed by atoms with Gasteiger partial charge in [-0.2, -0.15) is 0 Å². The van der Waals surface area contributed by atoms with E-state index in [1.54, 1.807) is 43.3 Å². The molecule has 0 unspecified atom stereocenters. The first kappa shape index (κ1) is 20.6. The zero-order chi connectivity index (χ0) is 19.2. The molecule has 0 fully saturated rings. The lowest BCUT2D eigenvalue weighted by Gasteiger charge is -2.18. The van der Waals surface area contributed by atoms with Crippen LogP contribution in [0.3, 0.4) is 0 Å². The van der Waals surface area contributed by atoms with Crippen LogP contribution >= 0.6 is 11.6 Å². The molecule has 0 aliphatic heterocycles. The summed E-state index contributed by atoms with van der Waals surface area (Å²) in [7, 11) is -3.56. The standard InChI is InChI=1S/C19H24ClNO4S/c1-4-24-18-11-10-15(12-19(18)25-5-2)14(3)21-26(22,23)13-16-8-6-7-9-17(16)20/h6-12,14,21H,4-5,13H2,1-3H3/t14-/m1/s1. The highest BCUT2D eigenvalue weighted by Gasteiger charge is 2.19. The number of ether oxygens (including phenoxy) is 2. The molecule has 0 bridgehead atoms. The lowest BCUT2D eigenvalue weighted by Crippen LogP contribution is -2.28. The van der Waals surface area contributed by atoms with Crippen LogP contribution in [-0.2, 0) is 15.8 Å². The number of halogens is 1. The predicted octanol–water partition coefficient (Wildman–Crippen LogP) is 4.32. The van der Waals surface area contributed by atoms with Crippen LogP contribution in [0.25, 0.3) is 0 Å². The van der Waals surface area contributed by atoms with Crippen molar-refractivity contribution in [1.82, 2.24) is 4.72 Å². The number of sulfonamides is 1. The van der Waals surface area contributed by atoms with Gasteiger partial charge in [-0.15, -0.1) is 0 Å². The molecule has 0 saturated heterocycles. The molecule has 0 radical (unpaired) electrons. The molecule has 5 nitrogen and oxygen atoms in total. The van der Waals surface area contributed by atoms with Crippen molar-refractivity contribution in [3.63, 3.8) is 0 Å². The quantitative estimate of drug-likeness (QED) is 0.684. The molecule has 2 aromatic rings. The maximum absolute atomic E-state index is 12.5. The van der Waals surface area contributed by atoms with Gasteiger partial charge < -0.3 is 9.47 Å². The lowest BCUT2D eigenvalue weighted by atomic mass is 10.1. The topological polar surface area (TPSA) is 64.6 Å². The van der Waals surface area contributed by atoms with Crippen molar-refractivity contribution in [1.29, 1.82) is 0 Å². The van der Waals surface area contributed by atoms with E-state index in [-0.39, 0.29) is 5.75 Å². The highest BCUT2D eigenvalue weighted by molar-refractivity contribution is 7.88. The summed E-state index contributed by atoms with van der Waals surface area (Å²) in [6, 6.07) is 11.9. The number of nitrogens with one attached hydrogen (secondary N) is 1. The van der Waals surface area contributed by atoms with Crippen LogP contribution in [0.1, 0.15) is 37.9 Å². The second-order valence-corrected chi connectivity index (χ2v) is 7.92. The Morgan fingerprint density at radius 3 is 2.35 bits per heavy atom. The van der Waals surface area contributed by atoms with Crippen molar-refractivity contribution in [3.05, 3.63) is 58.6 Å². The maximum atomic E-state index is 12.5. The summed E-state index contributed by atoms with van der Waals surface area (Å²) in [5.41, 5.74) is 1.36. The summed E-state index contributed by atoms with van der Waals surface area (Å²) in [5.74, 6) is 1.07. The van der Waals surface area contributed by atoms with Crippen LogP contribution in [0.4, 0.5) is 0 Å². The van der Waals surface area contributed by atoms with Crippen molar-refractivity contribution in [2.45, 2.75) is 32.6 Å². The molecule has 0 aliphatic carbocycles. The van der Waals surface area contributed by atoms with E-state index >= 15 is 0 Å². The Balaban J connectivity index is 2.16. The molecule has 0 heterocycles. The molecule has 2 aromatic carbocycles. The van der Waals surface area contributed by atoms with Gasteiger partial charge in [-0.25, -0.2) is 13.1 Å². The number of rotatable bonds is 9. The fourth-order valence-electron chi connectivity index (χ4n) is 2.54. The second-order valence-electron chi connectivity index (χ2n) is 5.76. The van der Waals surface area contributed by atoms with Crippen LogP contribution in [0.5, 0.6) is 11.5 Å². The zero-order valence-corrected chi connectivity index (χ0v) is 16.7. The first-order valence-electron chi connectivity index (χ1n) is 8.49. The number of benzene rings is 2. The average Bonchev–Trinajstić information content (AvgIpc) is 2.58. The van der Waals surface area contributed by atoms with Crippen LogP contribution in [0, 0.1) is 0 Å². The van der Waals surface area contributed by atoms with Crippen LogP contribution in [-0.4, -0.2) is 21.6 Å². The third-order valence-corrected chi connectivity index (χ3v) is 5.50. The maximum Gasteiger partial charge on any atom is 0.216 e. The summed E-state index contributed by atoms with van der Waals surface area (Å²) in [5, 5.41) is 0.435. The Bertz CT molecular complexity index is 839. The monoisotopic (exact) mass is 397 g/mol. The average molecular weight is 398 g/mol. The molecule has 1 N–H and O–H groups in total. The summed E-state index contributed by atoms with van der Waals surface area (Å²) in [6.45, 7) is 6.60. The van der Waals surface area contributed by atoms with E-state index in [0.717, 1.165) is 5.56 Å². The number of hydrogen-bond donors (Lipinski definition) is 1. The minimum Gasteiger partial charge on any atom is -0.490 e. The molecule has 142 valence electrons. The van der Waals surface area contributed by atoms with Crippen molar-refractivity contribution in [3.8, 4) is 11.5 Å². The van der Waals surface area contributed by atoms with Gasteiger partial charge in [0, 0.05) is 11.1 Å². The Morgan fingerprint density at radius 2 is 1.69 bits per heavy atom. The molecule has 2 rings (SSSR count). The van der Waals surface area contributed by atoms with E-state index in [9.17, 15) is 8.42 Å². The largest absolute Gasteiger partial charge is 0.490 e. The Kier molecular flexibility index (Phi) is 7.32. The SMILES string of the molecule is CCOc1ccc([C@@H](C)NS(=O)(=O)Cc2ccccc2Cl)cc1OCC. The molecule has 0 aliphatic rings. The van der Waals surface area contributed by atoms with E-state index in [1.165, 1.54) is 0 Å². The molecule has 26 heavy (non-hydrogen) atoms. The van der Waals surface area contributed by atoms with Crippen molar-refractivity contribution in [2.75, 3.05) is 13.2 Å². The molecule has 1 atom stereocenters. The zero-order valence-electron chi connectivity index (χ0n) is 15.2. The van der Waals surface area contributed by atoms with Gasteiger partial charge in [0.25, 0.3) is 0 Å². The fraction of sp³-hybridized carbons (Fsp3) is 0.368. The molecule has 0 aromatic heterocycles. The van der Waals surface area contributed by atoms with Crippen LogP contribution < -0.4 is 14.2 Å². The second kappa shape index (κ2) is 9.26. The predicted molar refractivity (Wildman–Crippen MR) is 104 cm³/mol. The normalized spacial score (nSPS) is 12.6. The first-order valence-corrected chi connectivity index (χ1v) is 10.5. The summed E-state index contributed by atoms with van der Waals surface area (Å²) >= 11 is 6.06. The van der Waals surface area contributed by atoms with Gasteiger partial charge in [0.2, 0.25) is 10.0 Å². The highest BCUT2D eigenvalue weighted by atomic mass is 35.5. The van der Waals surface area contributed by atoms with Gasteiger partial charge in [0.15, 0.2) is 11.5 Å². The van der Waals surface area contributed by atoms with Crippen molar-refractivity contribution in [2.24, 2.45) is 0 Å². The summed E-state index contributed by atoms with van der Waals surface area (Å²) in [6.07, 6.45) is 0. The van der Waals surface area contributed by atoms with Gasteiger partial charge in [0.05, 0.1) is 19.0 Å². The minimum atomic E-state index is -3.56. The van der Waals surface area contributed by atoms with E-state index in [1.807, 2.05) is 19.9 Å². The van der Waals surface area contributed by atoms with Gasteiger partial charge in [-0.1, -0.05) is 35.9 Å². The van der Waals surface area contributed by atoms with E-state index in [2.05, 4.69) is 4.72 Å². The van der Waals surface area contributed by atoms with E-state index in [0.29, 0.717) is 35.3 Å². The van der Waals surface area contributed by atoms with Gasteiger partial charge >= 0.3 is 0 Å². The molecule has 0 spiro atoms. The summed E-state index contributed by atoms with van der Waals surface area (Å²) < 4.78 is 38.8. The number of hydrogen-bond acceptors (Lipinski definition) is 4. The third kappa shape index (κ3) is 5.62. The highest BCUT2D eigenvalue weighted by Crippen LogP contribution is 2.31. The minimum absolute atomic E-state index is 0.174. The van der Waals surface area contributed by atoms with Gasteiger partial charge in [-0.3, -0.25) is 0 Å². The van der Waals surface area contributed by atoms with Gasteiger partial charge in [-0.05, 0) is 50.1 Å². The first-order chi connectivity index (χ1) is 12.4. The van der Waals surface area contributed by atoms with Crippen LogP contribution in [0.15, 0.2) is 42.5 Å². The summed E-state index contributed by atoms with van der Waals surface area (Å²) in [4.78, 5) is 0. The van der Waals surface area contributed by atoms with Crippen LogP contribution in [0.2, 0.25) is 5.02 Å². The van der Waals surface area contributed by atoms with E-state index in [4.69, 9.17) is 21.1 Å². The molecule has 0 saturated carbocycles. The third-order valence-electron chi connectivity index (χ3n) is 3.73. The molecular weight excluding hydrogens is 374 g/mol. The molecule has 0 amide bonds. The smallest absolute Gasteiger partial charge is 0.216 e.